The number of ether oxygens (including phenoxy) is 3. The topological polar surface area (TPSA) is 104 Å². The number of hydrogen-bond donors (Lipinski definition) is 0. The number of amides is 1. The summed E-state index contributed by atoms with van der Waals surface area (Å²) in [5.41, 5.74) is -1.65. The lowest BCUT2D eigenvalue weighted by molar-refractivity contribution is -0.148. The molecule has 0 aromatic heterocycles. The average molecular weight is 386 g/mol. The number of rotatable bonds is 4. The Balaban J connectivity index is 2.94. The van der Waals surface area contributed by atoms with Crippen molar-refractivity contribution in [2.45, 2.75) is 53.6 Å². The third kappa shape index (κ3) is 6.73. The molecule has 1 saturated heterocycles. The van der Waals surface area contributed by atoms with Crippen molar-refractivity contribution in [3.8, 4) is 0 Å². The molecule has 154 valence electrons. The minimum atomic E-state index is -1.36. The Morgan fingerprint density at radius 3 is 2.41 bits per heavy atom. The van der Waals surface area contributed by atoms with Gasteiger partial charge in [-0.25, -0.2) is 9.59 Å². The molecule has 0 aromatic carbocycles. The van der Waals surface area contributed by atoms with Crippen LogP contribution in [0, 0.1) is 11.3 Å². The Hall–Kier alpha value is -2.32. The SMILES string of the molecule is CO/N=C1\CCN(C(=O)OC(C)(C)C)CC1(C)C(=O)OC(=O)OCC(C)C. The first-order valence-electron chi connectivity index (χ1n) is 8.86. The summed E-state index contributed by atoms with van der Waals surface area (Å²) in [6.45, 7) is 10.9. The van der Waals surface area contributed by atoms with Crippen molar-refractivity contribution >= 4 is 23.9 Å². The van der Waals surface area contributed by atoms with Crippen LogP contribution in [0.3, 0.4) is 0 Å². The molecule has 1 unspecified atom stereocenters. The van der Waals surface area contributed by atoms with Gasteiger partial charge in [-0.3, -0.25) is 4.79 Å². The first kappa shape index (κ1) is 22.7. The summed E-state index contributed by atoms with van der Waals surface area (Å²) in [5.74, 6) is -0.758. The number of likely N-dealkylation sites (tertiary alicyclic amines) is 1. The maximum absolute atomic E-state index is 12.7. The first-order valence-corrected chi connectivity index (χ1v) is 8.86. The predicted octanol–water partition coefficient (Wildman–Crippen LogP) is 2.97. The average Bonchev–Trinajstić information content (AvgIpc) is 2.53. The van der Waals surface area contributed by atoms with Gasteiger partial charge in [-0.05, 0) is 33.6 Å². The highest BCUT2D eigenvalue weighted by Crippen LogP contribution is 2.30. The maximum atomic E-state index is 12.7. The summed E-state index contributed by atoms with van der Waals surface area (Å²) in [5, 5.41) is 3.89. The molecule has 1 heterocycles. The Morgan fingerprint density at radius 2 is 1.89 bits per heavy atom. The van der Waals surface area contributed by atoms with Crippen molar-refractivity contribution < 1.29 is 33.4 Å². The van der Waals surface area contributed by atoms with Crippen LogP contribution in [0.2, 0.25) is 0 Å². The Morgan fingerprint density at radius 1 is 1.26 bits per heavy atom. The molecule has 1 aliphatic rings. The van der Waals surface area contributed by atoms with Gasteiger partial charge in [0, 0.05) is 19.5 Å². The van der Waals surface area contributed by atoms with Gasteiger partial charge in [0.15, 0.2) is 0 Å². The summed E-state index contributed by atoms with van der Waals surface area (Å²) in [4.78, 5) is 43.0. The normalized spacial score (nSPS) is 21.8. The molecule has 1 aliphatic heterocycles. The van der Waals surface area contributed by atoms with E-state index in [-0.39, 0.29) is 25.5 Å². The van der Waals surface area contributed by atoms with Crippen LogP contribution in [-0.4, -0.2) is 61.2 Å². The van der Waals surface area contributed by atoms with Crippen molar-refractivity contribution in [3.63, 3.8) is 0 Å². The van der Waals surface area contributed by atoms with E-state index < -0.39 is 29.2 Å². The van der Waals surface area contributed by atoms with Gasteiger partial charge in [0.1, 0.15) is 18.1 Å². The van der Waals surface area contributed by atoms with Gasteiger partial charge < -0.3 is 23.9 Å². The molecule has 1 atom stereocenters. The molecule has 9 heteroatoms. The number of nitrogens with zero attached hydrogens (tertiary/aromatic N) is 2. The minimum absolute atomic E-state index is 0.0552. The van der Waals surface area contributed by atoms with Gasteiger partial charge in [-0.1, -0.05) is 19.0 Å². The van der Waals surface area contributed by atoms with E-state index in [1.165, 1.54) is 12.0 Å². The van der Waals surface area contributed by atoms with E-state index in [1.54, 1.807) is 27.7 Å². The van der Waals surface area contributed by atoms with Crippen LogP contribution >= 0.6 is 0 Å². The lowest BCUT2D eigenvalue weighted by atomic mass is 9.80. The maximum Gasteiger partial charge on any atom is 0.516 e. The molecular weight excluding hydrogens is 356 g/mol. The van der Waals surface area contributed by atoms with Crippen LogP contribution < -0.4 is 0 Å². The van der Waals surface area contributed by atoms with E-state index in [2.05, 4.69) is 5.16 Å². The zero-order chi connectivity index (χ0) is 20.8. The van der Waals surface area contributed by atoms with Gasteiger partial charge >= 0.3 is 18.2 Å². The third-order valence-electron chi connectivity index (χ3n) is 3.78. The molecule has 0 spiro atoms. The number of hydrogen-bond acceptors (Lipinski definition) is 8. The number of esters is 1. The summed E-state index contributed by atoms with van der Waals surface area (Å²) in [7, 11) is 1.36. The largest absolute Gasteiger partial charge is 0.516 e. The summed E-state index contributed by atoms with van der Waals surface area (Å²) < 4.78 is 15.1. The highest BCUT2D eigenvalue weighted by Gasteiger charge is 2.48. The zero-order valence-electron chi connectivity index (χ0n) is 17.2. The number of carbonyl (C=O) groups is 3. The summed E-state index contributed by atoms with van der Waals surface area (Å²) >= 11 is 0. The van der Waals surface area contributed by atoms with E-state index in [1.807, 2.05) is 13.8 Å². The third-order valence-corrected chi connectivity index (χ3v) is 3.78. The van der Waals surface area contributed by atoms with Crippen LogP contribution in [0.15, 0.2) is 5.16 Å². The van der Waals surface area contributed by atoms with Gasteiger partial charge in [0.25, 0.3) is 0 Å². The molecule has 0 N–H and O–H groups in total. The van der Waals surface area contributed by atoms with Crippen molar-refractivity contribution in [3.05, 3.63) is 0 Å². The highest BCUT2D eigenvalue weighted by atomic mass is 16.7. The molecule has 0 bridgehead atoms. The molecule has 0 aliphatic carbocycles. The molecule has 0 saturated carbocycles. The van der Waals surface area contributed by atoms with E-state index in [0.717, 1.165) is 0 Å². The van der Waals surface area contributed by atoms with E-state index >= 15 is 0 Å². The van der Waals surface area contributed by atoms with Crippen LogP contribution in [0.1, 0.15) is 48.0 Å². The fraction of sp³-hybridized carbons (Fsp3) is 0.778. The molecule has 27 heavy (non-hydrogen) atoms. The summed E-state index contributed by atoms with van der Waals surface area (Å²) in [6, 6.07) is 0. The van der Waals surface area contributed by atoms with E-state index in [0.29, 0.717) is 12.3 Å². The van der Waals surface area contributed by atoms with Crippen molar-refractivity contribution in [2.24, 2.45) is 16.5 Å². The van der Waals surface area contributed by atoms with Crippen LogP contribution in [0.5, 0.6) is 0 Å². The zero-order valence-corrected chi connectivity index (χ0v) is 17.2. The van der Waals surface area contributed by atoms with Crippen LogP contribution in [0.25, 0.3) is 0 Å². The molecule has 1 amide bonds. The lowest BCUT2D eigenvalue weighted by Crippen LogP contribution is -2.55. The van der Waals surface area contributed by atoms with Gasteiger partial charge in [0.05, 0.1) is 12.3 Å². The Bertz CT molecular complexity index is 595. The van der Waals surface area contributed by atoms with Crippen molar-refractivity contribution in [1.82, 2.24) is 4.90 Å². The molecule has 1 fully saturated rings. The Kier molecular flexibility index (Phi) is 7.62. The second-order valence-electron chi connectivity index (χ2n) is 8.05. The predicted molar refractivity (Wildman–Crippen MR) is 97.3 cm³/mol. The highest BCUT2D eigenvalue weighted by molar-refractivity contribution is 6.09. The van der Waals surface area contributed by atoms with Gasteiger partial charge in [-0.15, -0.1) is 0 Å². The van der Waals surface area contributed by atoms with Crippen LogP contribution in [0.4, 0.5) is 9.59 Å². The van der Waals surface area contributed by atoms with E-state index in [9.17, 15) is 14.4 Å². The molecular formula is C18H30N2O7. The molecule has 0 aromatic rings. The monoisotopic (exact) mass is 386 g/mol. The van der Waals surface area contributed by atoms with Gasteiger partial charge in [0.2, 0.25) is 0 Å². The second-order valence-corrected chi connectivity index (χ2v) is 8.05. The lowest BCUT2D eigenvalue weighted by Gasteiger charge is -2.39. The standard InChI is InChI=1S/C18H30N2O7/c1-12(2)10-25-16(23)26-14(21)18(6)11-20(9-8-13(18)19-24-7)15(22)27-17(3,4)5/h12H,8-11H2,1-7H3/b19-13+. The minimum Gasteiger partial charge on any atom is -0.444 e. The Labute approximate surface area is 159 Å². The van der Waals surface area contributed by atoms with E-state index in [4.69, 9.17) is 19.0 Å². The number of carbonyl (C=O) groups excluding carboxylic acids is 3. The van der Waals surface area contributed by atoms with Crippen LogP contribution in [-0.2, 0) is 23.8 Å². The fourth-order valence-corrected chi connectivity index (χ4v) is 2.44. The van der Waals surface area contributed by atoms with Crippen molar-refractivity contribution in [1.29, 1.82) is 0 Å². The quantitative estimate of drug-likeness (QED) is 0.415. The smallest absolute Gasteiger partial charge is 0.444 e. The van der Waals surface area contributed by atoms with Gasteiger partial charge in [-0.2, -0.15) is 0 Å². The number of oxime groups is 1. The second kappa shape index (κ2) is 9.05. The molecule has 1 rings (SSSR count). The molecule has 0 radical (unpaired) electrons. The number of piperidine rings is 1. The first-order chi connectivity index (χ1) is 12.4. The fourth-order valence-electron chi connectivity index (χ4n) is 2.44. The van der Waals surface area contributed by atoms with Crippen molar-refractivity contribution in [2.75, 3.05) is 26.8 Å². The summed E-state index contributed by atoms with van der Waals surface area (Å²) in [6.07, 6.45) is -1.36. The molecule has 9 nitrogen and oxygen atoms in total.